The zero-order chi connectivity index (χ0) is 13.9. The average molecular weight is 292 g/mol. The van der Waals surface area contributed by atoms with Crippen LogP contribution in [-0.4, -0.2) is 15.1 Å². The third-order valence-electron chi connectivity index (χ3n) is 3.93. The highest BCUT2D eigenvalue weighted by Gasteiger charge is 2.26. The molecule has 0 bridgehead atoms. The van der Waals surface area contributed by atoms with Crippen LogP contribution in [0.5, 0.6) is 0 Å². The van der Waals surface area contributed by atoms with Crippen molar-refractivity contribution in [1.29, 1.82) is 0 Å². The first-order valence-electron chi connectivity index (χ1n) is 7.21. The molecule has 2 aromatic rings. The molecule has 1 aliphatic rings. The molecule has 6 heteroatoms. The van der Waals surface area contributed by atoms with Crippen molar-refractivity contribution in [2.24, 2.45) is 11.7 Å². The van der Waals surface area contributed by atoms with E-state index in [1.165, 1.54) is 32.1 Å². The quantitative estimate of drug-likeness (QED) is 0.937. The summed E-state index contributed by atoms with van der Waals surface area (Å²) in [4.78, 5) is 8.87. The smallest absolute Gasteiger partial charge is 0.243 e. The fraction of sp³-hybridized carbons (Fsp3) is 0.643. The van der Waals surface area contributed by atoms with E-state index >= 15 is 0 Å². The molecule has 108 valence electrons. The van der Waals surface area contributed by atoms with Gasteiger partial charge in [0.2, 0.25) is 5.89 Å². The van der Waals surface area contributed by atoms with Crippen molar-refractivity contribution < 1.29 is 4.52 Å². The molecule has 3 rings (SSSR count). The monoisotopic (exact) mass is 292 g/mol. The van der Waals surface area contributed by atoms with E-state index < -0.39 is 0 Å². The molecule has 1 atom stereocenters. The van der Waals surface area contributed by atoms with Crippen molar-refractivity contribution in [3.63, 3.8) is 0 Å². The van der Waals surface area contributed by atoms with Crippen molar-refractivity contribution >= 4 is 11.3 Å². The van der Waals surface area contributed by atoms with E-state index in [1.54, 1.807) is 11.3 Å². The summed E-state index contributed by atoms with van der Waals surface area (Å²) < 4.78 is 5.35. The predicted octanol–water partition coefficient (Wildman–Crippen LogP) is 3.01. The van der Waals surface area contributed by atoms with Gasteiger partial charge in [0.1, 0.15) is 0 Å². The molecular formula is C14H20N4OS. The second-order valence-corrected chi connectivity index (χ2v) is 6.57. The molecule has 0 amide bonds. The number of thiazole rings is 1. The Hall–Kier alpha value is -1.27. The summed E-state index contributed by atoms with van der Waals surface area (Å²) in [5, 5.41) is 7.13. The molecule has 0 aromatic carbocycles. The largest absolute Gasteiger partial charge is 0.338 e. The van der Waals surface area contributed by atoms with Crippen LogP contribution in [0.3, 0.4) is 0 Å². The third-order valence-corrected chi connectivity index (χ3v) is 4.75. The summed E-state index contributed by atoms with van der Waals surface area (Å²) >= 11 is 1.64. The highest BCUT2D eigenvalue weighted by atomic mass is 32.1. The van der Waals surface area contributed by atoms with Crippen LogP contribution in [0.25, 0.3) is 0 Å². The highest BCUT2D eigenvalue weighted by molar-refractivity contribution is 7.09. The van der Waals surface area contributed by atoms with Crippen LogP contribution >= 0.6 is 11.3 Å². The lowest BCUT2D eigenvalue weighted by atomic mass is 9.84. The van der Waals surface area contributed by atoms with E-state index in [0.717, 1.165) is 10.7 Å². The number of hydrogen-bond acceptors (Lipinski definition) is 6. The first-order valence-corrected chi connectivity index (χ1v) is 8.09. The Labute approximate surface area is 122 Å². The maximum absolute atomic E-state index is 6.27. The second kappa shape index (κ2) is 6.01. The number of rotatable bonds is 4. The van der Waals surface area contributed by atoms with Crippen LogP contribution in [-0.2, 0) is 6.42 Å². The summed E-state index contributed by atoms with van der Waals surface area (Å²) in [7, 11) is 0. The molecule has 1 saturated carbocycles. The molecule has 20 heavy (non-hydrogen) atoms. The van der Waals surface area contributed by atoms with Crippen LogP contribution in [0.15, 0.2) is 9.90 Å². The fourth-order valence-corrected chi connectivity index (χ4v) is 3.43. The van der Waals surface area contributed by atoms with Gasteiger partial charge in [0.05, 0.1) is 23.2 Å². The minimum Gasteiger partial charge on any atom is -0.338 e. The van der Waals surface area contributed by atoms with Gasteiger partial charge in [-0.2, -0.15) is 4.98 Å². The number of aryl methyl sites for hydroxylation is 1. The van der Waals surface area contributed by atoms with Crippen molar-refractivity contribution in [2.75, 3.05) is 0 Å². The fourth-order valence-electron chi connectivity index (χ4n) is 2.82. The van der Waals surface area contributed by atoms with E-state index in [4.69, 9.17) is 10.3 Å². The first-order chi connectivity index (χ1) is 9.72. The number of nitrogens with two attached hydrogens (primary N) is 1. The van der Waals surface area contributed by atoms with E-state index in [1.807, 2.05) is 12.3 Å². The highest BCUT2D eigenvalue weighted by Crippen LogP contribution is 2.32. The molecule has 1 unspecified atom stereocenters. The molecule has 0 radical (unpaired) electrons. The third kappa shape index (κ3) is 3.07. The summed E-state index contributed by atoms with van der Waals surface area (Å²) in [6, 6.07) is -0.117. The van der Waals surface area contributed by atoms with E-state index in [-0.39, 0.29) is 6.04 Å². The standard InChI is InChI=1S/C14H20N4OS/c1-9-16-11(8-20-9)7-12-17-14(19-18-12)13(15)10-5-3-2-4-6-10/h8,10,13H,2-7,15H2,1H3. The summed E-state index contributed by atoms with van der Waals surface area (Å²) in [6.07, 6.45) is 6.80. The maximum Gasteiger partial charge on any atom is 0.243 e. The predicted molar refractivity (Wildman–Crippen MR) is 77.5 cm³/mol. The van der Waals surface area contributed by atoms with E-state index in [9.17, 15) is 0 Å². The van der Waals surface area contributed by atoms with Crippen LogP contribution in [0, 0.1) is 12.8 Å². The van der Waals surface area contributed by atoms with Gasteiger partial charge in [-0.05, 0) is 25.7 Å². The van der Waals surface area contributed by atoms with Crippen LogP contribution in [0.4, 0.5) is 0 Å². The summed E-state index contributed by atoms with van der Waals surface area (Å²) in [6.45, 7) is 1.99. The van der Waals surface area contributed by atoms with Crippen LogP contribution in [0.2, 0.25) is 0 Å². The minimum absolute atomic E-state index is 0.117. The topological polar surface area (TPSA) is 77.8 Å². The van der Waals surface area contributed by atoms with Crippen LogP contribution < -0.4 is 5.73 Å². The van der Waals surface area contributed by atoms with Gasteiger partial charge in [-0.1, -0.05) is 24.4 Å². The van der Waals surface area contributed by atoms with Gasteiger partial charge in [0.25, 0.3) is 0 Å². The average Bonchev–Trinajstić information content (AvgIpc) is 3.09. The first kappa shape index (κ1) is 13.7. The Kier molecular flexibility index (Phi) is 4.12. The molecule has 1 fully saturated rings. The molecule has 0 saturated heterocycles. The zero-order valence-corrected chi connectivity index (χ0v) is 12.5. The van der Waals surface area contributed by atoms with Gasteiger partial charge in [0.15, 0.2) is 5.82 Å². The molecule has 2 aromatic heterocycles. The summed E-state index contributed by atoms with van der Waals surface area (Å²) in [5.74, 6) is 1.74. The molecule has 5 nitrogen and oxygen atoms in total. The van der Waals surface area contributed by atoms with E-state index in [2.05, 4.69) is 15.1 Å². The van der Waals surface area contributed by atoms with Crippen molar-refractivity contribution in [1.82, 2.24) is 15.1 Å². The molecule has 0 aliphatic heterocycles. The zero-order valence-electron chi connectivity index (χ0n) is 11.7. The summed E-state index contributed by atoms with van der Waals surface area (Å²) in [5.41, 5.74) is 7.26. The minimum atomic E-state index is -0.117. The number of aromatic nitrogens is 3. The van der Waals surface area contributed by atoms with Crippen molar-refractivity contribution in [2.45, 2.75) is 51.5 Å². The van der Waals surface area contributed by atoms with Crippen LogP contribution in [0.1, 0.15) is 60.6 Å². The van der Waals surface area contributed by atoms with E-state index in [0.29, 0.717) is 24.1 Å². The lowest BCUT2D eigenvalue weighted by molar-refractivity contribution is 0.255. The van der Waals surface area contributed by atoms with Gasteiger partial charge in [0, 0.05) is 5.38 Å². The van der Waals surface area contributed by atoms with Gasteiger partial charge >= 0.3 is 0 Å². The van der Waals surface area contributed by atoms with Crippen molar-refractivity contribution in [3.8, 4) is 0 Å². The Morgan fingerprint density at radius 3 is 2.85 bits per heavy atom. The lowest BCUT2D eigenvalue weighted by Gasteiger charge is -2.24. The maximum atomic E-state index is 6.27. The van der Waals surface area contributed by atoms with Gasteiger partial charge in [-0.15, -0.1) is 11.3 Å². The van der Waals surface area contributed by atoms with Gasteiger partial charge in [-0.25, -0.2) is 4.98 Å². The Balaban J connectivity index is 1.66. The van der Waals surface area contributed by atoms with Gasteiger partial charge < -0.3 is 10.3 Å². The SMILES string of the molecule is Cc1nc(Cc2noc(C(N)C3CCCCC3)n2)cs1. The molecule has 2 heterocycles. The second-order valence-electron chi connectivity index (χ2n) is 5.51. The Morgan fingerprint density at radius 2 is 2.15 bits per heavy atom. The molecule has 1 aliphatic carbocycles. The Bertz CT molecular complexity index is 559. The van der Waals surface area contributed by atoms with Gasteiger partial charge in [-0.3, -0.25) is 0 Å². The van der Waals surface area contributed by atoms with Crippen molar-refractivity contribution in [3.05, 3.63) is 27.8 Å². The molecule has 0 spiro atoms. The lowest BCUT2D eigenvalue weighted by Crippen LogP contribution is -2.23. The number of nitrogens with zero attached hydrogens (tertiary/aromatic N) is 3. The number of hydrogen-bond donors (Lipinski definition) is 1. The molecule has 2 N–H and O–H groups in total. The Morgan fingerprint density at radius 1 is 1.35 bits per heavy atom. The molecular weight excluding hydrogens is 272 g/mol. The normalized spacial score (nSPS) is 18.3.